The lowest BCUT2D eigenvalue weighted by Crippen LogP contribution is -2.28. The van der Waals surface area contributed by atoms with Crippen molar-refractivity contribution in [3.63, 3.8) is 0 Å². The minimum absolute atomic E-state index is 0.00172. The molecule has 0 fully saturated rings. The summed E-state index contributed by atoms with van der Waals surface area (Å²) in [6, 6.07) is 2.97. The van der Waals surface area contributed by atoms with Gasteiger partial charge in [0.2, 0.25) is 5.91 Å². The van der Waals surface area contributed by atoms with Crippen molar-refractivity contribution < 1.29 is 18.7 Å². The molecule has 0 bridgehead atoms. The third-order valence-electron chi connectivity index (χ3n) is 2.93. The van der Waals surface area contributed by atoms with Crippen molar-refractivity contribution in [2.75, 3.05) is 37.1 Å². The molecule has 0 spiro atoms. The lowest BCUT2D eigenvalue weighted by atomic mass is 10.4. The van der Waals surface area contributed by atoms with Gasteiger partial charge < -0.3 is 25.5 Å². The standard InChI is InChI=1S/C14H16BrN5O5S/c1-24-5-4-17-9(21)6-26-14-19-11(16)10(13(23)20-14)18-12(22)7-2-3-8(15)25-7/h2-3H,4-6H2,1H3,(H,17,21)(H,18,22)(H3,16,19,20,23). The van der Waals surface area contributed by atoms with Crippen molar-refractivity contribution in [1.82, 2.24) is 15.3 Å². The zero-order chi connectivity index (χ0) is 19.1. The molecule has 26 heavy (non-hydrogen) atoms. The molecule has 2 heterocycles. The number of carbonyl (C=O) groups excluding carboxylic acids is 2. The number of nitrogens with zero attached hydrogens (tertiary/aromatic N) is 1. The Balaban J connectivity index is 2.00. The van der Waals surface area contributed by atoms with E-state index in [1.807, 2.05) is 0 Å². The summed E-state index contributed by atoms with van der Waals surface area (Å²) in [6.45, 7) is 0.787. The first-order valence-electron chi connectivity index (χ1n) is 7.25. The molecule has 0 aliphatic carbocycles. The summed E-state index contributed by atoms with van der Waals surface area (Å²) < 4.78 is 10.3. The number of methoxy groups -OCH3 is 1. The van der Waals surface area contributed by atoms with E-state index >= 15 is 0 Å². The molecule has 0 saturated heterocycles. The van der Waals surface area contributed by atoms with Crippen LogP contribution in [0.5, 0.6) is 0 Å². The highest BCUT2D eigenvalue weighted by Crippen LogP contribution is 2.18. The minimum Gasteiger partial charge on any atom is -0.444 e. The smallest absolute Gasteiger partial charge is 0.291 e. The molecular formula is C14H16BrN5O5S. The van der Waals surface area contributed by atoms with Crippen LogP contribution in [0.2, 0.25) is 0 Å². The van der Waals surface area contributed by atoms with Crippen molar-refractivity contribution in [2.45, 2.75) is 5.16 Å². The van der Waals surface area contributed by atoms with Crippen LogP contribution in [0.25, 0.3) is 0 Å². The van der Waals surface area contributed by atoms with Gasteiger partial charge in [0.25, 0.3) is 11.5 Å². The molecule has 0 aliphatic heterocycles. The summed E-state index contributed by atoms with van der Waals surface area (Å²) >= 11 is 4.08. The lowest BCUT2D eigenvalue weighted by molar-refractivity contribution is -0.118. The quantitative estimate of drug-likeness (QED) is 0.264. The molecule has 0 radical (unpaired) electrons. The lowest BCUT2D eigenvalue weighted by Gasteiger charge is -2.08. The number of furan rings is 1. The maximum absolute atomic E-state index is 12.1. The number of thioether (sulfide) groups is 1. The van der Waals surface area contributed by atoms with Crippen LogP contribution >= 0.6 is 27.7 Å². The van der Waals surface area contributed by atoms with E-state index in [-0.39, 0.29) is 34.1 Å². The van der Waals surface area contributed by atoms with E-state index in [1.54, 1.807) is 0 Å². The number of aromatic amines is 1. The third-order valence-corrected chi connectivity index (χ3v) is 4.23. The second-order valence-corrected chi connectivity index (χ2v) is 6.57. The van der Waals surface area contributed by atoms with Crippen molar-refractivity contribution in [3.05, 3.63) is 32.9 Å². The Kier molecular flexibility index (Phi) is 7.24. The van der Waals surface area contributed by atoms with Crippen LogP contribution in [-0.4, -0.2) is 47.8 Å². The van der Waals surface area contributed by atoms with Crippen molar-refractivity contribution >= 4 is 51.0 Å². The number of rotatable bonds is 8. The number of aromatic nitrogens is 2. The fourth-order valence-electron chi connectivity index (χ4n) is 1.75. The van der Waals surface area contributed by atoms with E-state index in [0.717, 1.165) is 11.8 Å². The van der Waals surface area contributed by atoms with Crippen LogP contribution in [0.4, 0.5) is 11.5 Å². The van der Waals surface area contributed by atoms with Crippen molar-refractivity contribution in [1.29, 1.82) is 0 Å². The average molecular weight is 446 g/mol. The van der Waals surface area contributed by atoms with E-state index < -0.39 is 11.5 Å². The van der Waals surface area contributed by atoms with E-state index in [2.05, 4.69) is 36.5 Å². The molecular weight excluding hydrogens is 430 g/mol. The first-order valence-corrected chi connectivity index (χ1v) is 9.03. The van der Waals surface area contributed by atoms with Gasteiger partial charge in [-0.3, -0.25) is 19.4 Å². The first kappa shape index (κ1) is 20.0. The largest absolute Gasteiger partial charge is 0.444 e. The van der Waals surface area contributed by atoms with E-state index in [1.165, 1.54) is 19.2 Å². The van der Waals surface area contributed by atoms with Crippen LogP contribution in [0.15, 0.2) is 31.2 Å². The molecule has 0 aromatic carbocycles. The Labute approximate surface area is 160 Å². The van der Waals surface area contributed by atoms with Gasteiger partial charge >= 0.3 is 0 Å². The summed E-state index contributed by atoms with van der Waals surface area (Å²) in [6.07, 6.45) is 0. The first-order chi connectivity index (χ1) is 12.4. The number of nitrogen functional groups attached to an aromatic ring is 1. The number of carbonyl (C=O) groups is 2. The maximum Gasteiger partial charge on any atom is 0.291 e. The molecule has 2 rings (SSSR count). The predicted octanol–water partition coefficient (Wildman–Crippen LogP) is 0.815. The second kappa shape index (κ2) is 9.40. The second-order valence-electron chi connectivity index (χ2n) is 4.82. The Morgan fingerprint density at radius 1 is 1.46 bits per heavy atom. The number of anilines is 2. The maximum atomic E-state index is 12.1. The fourth-order valence-corrected chi connectivity index (χ4v) is 2.75. The zero-order valence-corrected chi connectivity index (χ0v) is 16.0. The highest BCUT2D eigenvalue weighted by molar-refractivity contribution is 9.10. The zero-order valence-electron chi connectivity index (χ0n) is 13.6. The molecule has 0 saturated carbocycles. The van der Waals surface area contributed by atoms with Gasteiger partial charge in [0.05, 0.1) is 12.4 Å². The number of ether oxygens (including phenoxy) is 1. The third kappa shape index (κ3) is 5.61. The van der Waals surface area contributed by atoms with Gasteiger partial charge in [0.1, 0.15) is 0 Å². The number of nitrogens with two attached hydrogens (primary N) is 1. The van der Waals surface area contributed by atoms with E-state index in [4.69, 9.17) is 14.9 Å². The summed E-state index contributed by atoms with van der Waals surface area (Å²) in [5.41, 5.74) is 4.90. The number of halogens is 1. The average Bonchev–Trinajstić information content (AvgIpc) is 3.03. The topological polar surface area (TPSA) is 152 Å². The number of amides is 2. The van der Waals surface area contributed by atoms with Crippen molar-refractivity contribution in [2.24, 2.45) is 0 Å². The number of H-pyrrole nitrogens is 1. The van der Waals surface area contributed by atoms with E-state index in [0.29, 0.717) is 17.8 Å². The molecule has 5 N–H and O–H groups in total. The highest BCUT2D eigenvalue weighted by Gasteiger charge is 2.16. The summed E-state index contributed by atoms with van der Waals surface area (Å²) in [5, 5.41) is 5.14. The molecule has 2 amide bonds. The molecule has 2 aromatic heterocycles. The fraction of sp³-hybridized carbons (Fsp3) is 0.286. The molecule has 12 heteroatoms. The normalized spacial score (nSPS) is 10.5. The van der Waals surface area contributed by atoms with Gasteiger partial charge in [-0.1, -0.05) is 11.8 Å². The molecule has 0 atom stereocenters. The van der Waals surface area contributed by atoms with Gasteiger partial charge in [0, 0.05) is 13.7 Å². The Morgan fingerprint density at radius 2 is 2.23 bits per heavy atom. The Morgan fingerprint density at radius 3 is 2.85 bits per heavy atom. The van der Waals surface area contributed by atoms with E-state index in [9.17, 15) is 14.4 Å². The van der Waals surface area contributed by atoms with Crippen LogP contribution in [0.3, 0.4) is 0 Å². The van der Waals surface area contributed by atoms with Crippen LogP contribution in [0.1, 0.15) is 10.6 Å². The van der Waals surface area contributed by atoms with Crippen LogP contribution < -0.4 is 21.9 Å². The van der Waals surface area contributed by atoms with Gasteiger partial charge in [-0.15, -0.1) is 0 Å². The van der Waals surface area contributed by atoms with Crippen LogP contribution in [0, 0.1) is 0 Å². The summed E-state index contributed by atoms with van der Waals surface area (Å²) in [5.74, 6) is -1.02. The molecule has 10 nitrogen and oxygen atoms in total. The predicted molar refractivity (Wildman–Crippen MR) is 99.2 cm³/mol. The van der Waals surface area contributed by atoms with Gasteiger partial charge in [-0.25, -0.2) is 4.98 Å². The number of hydrogen-bond donors (Lipinski definition) is 4. The van der Waals surface area contributed by atoms with Gasteiger partial charge in [0.15, 0.2) is 27.1 Å². The SMILES string of the molecule is COCCNC(=O)CSc1nc(N)c(NC(=O)c2ccc(Br)o2)c(=O)[nH]1. The molecule has 140 valence electrons. The minimum atomic E-state index is -0.646. The van der Waals surface area contributed by atoms with Gasteiger partial charge in [-0.05, 0) is 28.1 Å². The highest BCUT2D eigenvalue weighted by atomic mass is 79.9. The molecule has 0 aliphatic rings. The van der Waals surface area contributed by atoms with Crippen molar-refractivity contribution in [3.8, 4) is 0 Å². The summed E-state index contributed by atoms with van der Waals surface area (Å²) in [4.78, 5) is 42.2. The number of hydrogen-bond acceptors (Lipinski definition) is 8. The molecule has 2 aromatic rings. The Hall–Kier alpha value is -2.31. The molecule has 0 unspecified atom stereocenters. The Bertz CT molecular complexity index is 852. The van der Waals surface area contributed by atoms with Gasteiger partial charge in [-0.2, -0.15) is 0 Å². The summed E-state index contributed by atoms with van der Waals surface area (Å²) in [7, 11) is 1.53. The number of nitrogens with one attached hydrogen (secondary N) is 3. The van der Waals surface area contributed by atoms with Crippen LogP contribution in [-0.2, 0) is 9.53 Å². The monoisotopic (exact) mass is 445 g/mol.